The fourth-order valence-corrected chi connectivity index (χ4v) is 4.54. The summed E-state index contributed by atoms with van der Waals surface area (Å²) in [5, 5.41) is 3.27. The van der Waals surface area contributed by atoms with Crippen molar-refractivity contribution in [3.63, 3.8) is 0 Å². The number of nitrogens with zero attached hydrogens (tertiary/aromatic N) is 2. The topological polar surface area (TPSA) is 53.9 Å². The molecule has 0 saturated heterocycles. The van der Waals surface area contributed by atoms with Gasteiger partial charge in [-0.25, -0.2) is 4.39 Å². The Morgan fingerprint density at radius 3 is 2.50 bits per heavy atom. The van der Waals surface area contributed by atoms with Gasteiger partial charge >= 0.3 is 0 Å². The van der Waals surface area contributed by atoms with Crippen molar-refractivity contribution in [2.75, 3.05) is 18.4 Å². The SMILES string of the molecule is O=C(Nc1ccc(Oc2ccc(C3CC(N4C=NCC4)C3)cc2)c(F)c1)c1ccc(Cl)c(Cl)c1. The fourth-order valence-electron chi connectivity index (χ4n) is 4.24. The lowest BCUT2D eigenvalue weighted by molar-refractivity contribution is 0.102. The van der Waals surface area contributed by atoms with Gasteiger partial charge in [0.25, 0.3) is 5.91 Å². The fraction of sp³-hybridized carbons (Fsp3) is 0.231. The lowest BCUT2D eigenvalue weighted by Gasteiger charge is -2.41. The Balaban J connectivity index is 1.18. The first-order valence-corrected chi connectivity index (χ1v) is 11.8. The number of carbonyl (C=O) groups is 1. The molecule has 3 aromatic carbocycles. The van der Waals surface area contributed by atoms with E-state index in [-0.39, 0.29) is 10.8 Å². The third-order valence-corrected chi connectivity index (χ3v) is 6.99. The highest BCUT2D eigenvalue weighted by atomic mass is 35.5. The van der Waals surface area contributed by atoms with E-state index >= 15 is 0 Å². The van der Waals surface area contributed by atoms with Crippen LogP contribution >= 0.6 is 23.2 Å². The van der Waals surface area contributed by atoms with Gasteiger partial charge in [-0.05, 0) is 66.8 Å². The Hall–Kier alpha value is -3.09. The summed E-state index contributed by atoms with van der Waals surface area (Å²) in [6, 6.07) is 17.2. The molecule has 0 aromatic heterocycles. The number of benzene rings is 3. The number of rotatable bonds is 6. The molecule has 0 unspecified atom stereocenters. The van der Waals surface area contributed by atoms with Crippen LogP contribution in [0.5, 0.6) is 11.5 Å². The van der Waals surface area contributed by atoms with Gasteiger partial charge in [0.15, 0.2) is 11.6 Å². The third-order valence-electron chi connectivity index (χ3n) is 6.25. The molecule has 3 aromatic rings. The number of carbonyl (C=O) groups excluding carboxylic acids is 1. The summed E-state index contributed by atoms with van der Waals surface area (Å²) >= 11 is 11.8. The quantitative estimate of drug-likeness (QED) is 0.408. The molecule has 2 aliphatic rings. The first-order valence-electron chi connectivity index (χ1n) is 11.1. The number of aliphatic imine (C=N–C) groups is 1. The summed E-state index contributed by atoms with van der Waals surface area (Å²) in [7, 11) is 0. The van der Waals surface area contributed by atoms with Gasteiger partial charge in [-0.3, -0.25) is 9.79 Å². The maximum atomic E-state index is 14.6. The predicted molar refractivity (Wildman–Crippen MR) is 133 cm³/mol. The van der Waals surface area contributed by atoms with Crippen LogP contribution in [0.3, 0.4) is 0 Å². The number of ether oxygens (including phenoxy) is 1. The lowest BCUT2D eigenvalue weighted by Crippen LogP contribution is -2.42. The molecule has 1 aliphatic carbocycles. The molecule has 1 heterocycles. The van der Waals surface area contributed by atoms with Crippen molar-refractivity contribution in [2.24, 2.45) is 4.99 Å². The van der Waals surface area contributed by atoms with Crippen molar-refractivity contribution in [1.29, 1.82) is 0 Å². The molecule has 8 heteroatoms. The van der Waals surface area contributed by atoms with E-state index in [1.807, 2.05) is 30.6 Å². The Kier molecular flexibility index (Phi) is 6.44. The second kappa shape index (κ2) is 9.65. The molecule has 1 N–H and O–H groups in total. The van der Waals surface area contributed by atoms with Crippen molar-refractivity contribution in [3.8, 4) is 11.5 Å². The van der Waals surface area contributed by atoms with E-state index in [1.165, 1.54) is 29.8 Å². The molecule has 0 atom stereocenters. The average molecular weight is 498 g/mol. The maximum absolute atomic E-state index is 14.6. The summed E-state index contributed by atoms with van der Waals surface area (Å²) in [6.45, 7) is 1.92. The number of hydrogen-bond donors (Lipinski definition) is 1. The largest absolute Gasteiger partial charge is 0.454 e. The molecule has 174 valence electrons. The highest BCUT2D eigenvalue weighted by Gasteiger charge is 2.34. The van der Waals surface area contributed by atoms with Crippen LogP contribution in [-0.2, 0) is 0 Å². The van der Waals surface area contributed by atoms with Crippen LogP contribution in [-0.4, -0.2) is 36.3 Å². The number of hydrogen-bond acceptors (Lipinski definition) is 4. The molecular weight excluding hydrogens is 476 g/mol. The number of nitrogens with one attached hydrogen (secondary N) is 1. The van der Waals surface area contributed by atoms with Crippen LogP contribution in [0.4, 0.5) is 10.1 Å². The van der Waals surface area contributed by atoms with Crippen molar-refractivity contribution in [2.45, 2.75) is 24.8 Å². The van der Waals surface area contributed by atoms with Crippen LogP contribution in [0.25, 0.3) is 0 Å². The number of halogens is 3. The normalized spacial score (nSPS) is 19.1. The molecule has 0 spiro atoms. The van der Waals surface area contributed by atoms with Crippen LogP contribution in [0.1, 0.15) is 34.7 Å². The standard InChI is InChI=1S/C26H22Cl2FN3O2/c27-22-7-3-17(13-23(22)28)26(33)31-19-4-8-25(24(29)14-19)34-21-5-1-16(2-6-21)18-11-20(12-18)32-10-9-30-15-32/h1-8,13-15,18,20H,9-12H2,(H,31,33). The summed E-state index contributed by atoms with van der Waals surface area (Å²) in [4.78, 5) is 19.0. The van der Waals surface area contributed by atoms with Gasteiger partial charge in [-0.1, -0.05) is 35.3 Å². The Bertz CT molecular complexity index is 1240. The van der Waals surface area contributed by atoms with E-state index in [1.54, 1.807) is 12.1 Å². The first kappa shape index (κ1) is 22.7. The predicted octanol–water partition coefficient (Wildman–Crippen LogP) is 6.77. The first-order chi connectivity index (χ1) is 16.5. The number of anilines is 1. The van der Waals surface area contributed by atoms with Crippen LogP contribution in [0.15, 0.2) is 65.7 Å². The van der Waals surface area contributed by atoms with Gasteiger partial charge in [0.05, 0.1) is 22.9 Å². The molecule has 34 heavy (non-hydrogen) atoms. The minimum absolute atomic E-state index is 0.0808. The monoisotopic (exact) mass is 497 g/mol. The Morgan fingerprint density at radius 1 is 1.03 bits per heavy atom. The van der Waals surface area contributed by atoms with E-state index < -0.39 is 11.7 Å². The summed E-state index contributed by atoms with van der Waals surface area (Å²) in [5.74, 6) is 0.168. The second-order valence-corrected chi connectivity index (χ2v) is 9.30. The minimum Gasteiger partial charge on any atom is -0.454 e. The van der Waals surface area contributed by atoms with E-state index in [9.17, 15) is 9.18 Å². The highest BCUT2D eigenvalue weighted by molar-refractivity contribution is 6.42. The smallest absolute Gasteiger partial charge is 0.255 e. The molecule has 1 amide bonds. The van der Waals surface area contributed by atoms with E-state index in [0.29, 0.717) is 34.0 Å². The van der Waals surface area contributed by atoms with E-state index in [2.05, 4.69) is 15.2 Å². The minimum atomic E-state index is -0.579. The van der Waals surface area contributed by atoms with Crippen LogP contribution in [0.2, 0.25) is 10.0 Å². The lowest BCUT2D eigenvalue weighted by atomic mass is 9.75. The zero-order chi connectivity index (χ0) is 23.7. The van der Waals surface area contributed by atoms with Crippen molar-refractivity contribution in [3.05, 3.63) is 87.7 Å². The van der Waals surface area contributed by atoms with Gasteiger partial charge < -0.3 is 15.0 Å². The van der Waals surface area contributed by atoms with E-state index in [0.717, 1.165) is 25.9 Å². The zero-order valence-corrected chi connectivity index (χ0v) is 19.7. The van der Waals surface area contributed by atoms with Crippen molar-refractivity contribution >= 4 is 41.1 Å². The van der Waals surface area contributed by atoms with Gasteiger partial charge in [0.2, 0.25) is 0 Å². The van der Waals surface area contributed by atoms with Gasteiger partial charge in [-0.2, -0.15) is 0 Å². The third kappa shape index (κ3) is 4.88. The summed E-state index contributed by atoms with van der Waals surface area (Å²) < 4.78 is 20.4. The Morgan fingerprint density at radius 2 is 1.82 bits per heavy atom. The second-order valence-electron chi connectivity index (χ2n) is 8.48. The van der Waals surface area contributed by atoms with Crippen molar-refractivity contribution in [1.82, 2.24) is 4.90 Å². The van der Waals surface area contributed by atoms with Gasteiger partial charge in [0.1, 0.15) is 5.75 Å². The van der Waals surface area contributed by atoms with Crippen molar-refractivity contribution < 1.29 is 13.9 Å². The van der Waals surface area contributed by atoms with Crippen LogP contribution in [0, 0.1) is 5.82 Å². The molecule has 5 rings (SSSR count). The molecule has 0 radical (unpaired) electrons. The maximum Gasteiger partial charge on any atom is 0.255 e. The zero-order valence-electron chi connectivity index (χ0n) is 18.2. The van der Waals surface area contributed by atoms with Crippen LogP contribution < -0.4 is 10.1 Å². The van der Waals surface area contributed by atoms with Gasteiger partial charge in [-0.15, -0.1) is 0 Å². The average Bonchev–Trinajstić information content (AvgIpc) is 3.32. The Labute approximate surface area is 207 Å². The molecular formula is C26H22Cl2FN3O2. The molecule has 1 fully saturated rings. The molecule has 1 saturated carbocycles. The molecule has 0 bridgehead atoms. The highest BCUT2D eigenvalue weighted by Crippen LogP contribution is 2.40. The van der Waals surface area contributed by atoms with Gasteiger partial charge in [0, 0.05) is 29.9 Å². The summed E-state index contributed by atoms with van der Waals surface area (Å²) in [6.07, 6.45) is 4.21. The molecule has 1 aliphatic heterocycles. The van der Waals surface area contributed by atoms with E-state index in [4.69, 9.17) is 27.9 Å². The number of amides is 1. The molecule has 5 nitrogen and oxygen atoms in total. The summed E-state index contributed by atoms with van der Waals surface area (Å²) in [5.41, 5.74) is 1.89.